The first kappa shape index (κ1) is 8.96. The Balaban J connectivity index is 2.64. The molecule has 0 saturated heterocycles. The van der Waals surface area contributed by atoms with Gasteiger partial charge in [0.05, 0.1) is 0 Å². The van der Waals surface area contributed by atoms with Crippen LogP contribution in [-0.4, -0.2) is 16.4 Å². The van der Waals surface area contributed by atoms with E-state index in [0.717, 1.165) is 0 Å². The zero-order valence-electron chi connectivity index (χ0n) is 6.87. The van der Waals surface area contributed by atoms with Gasteiger partial charge in [-0.3, -0.25) is 4.68 Å². The predicted octanol–water partition coefficient (Wildman–Crippen LogP) is 2.07. The third-order valence-corrected chi connectivity index (χ3v) is 1.32. The molecule has 5 heteroatoms. The fraction of sp³-hybridized carbons (Fsp3) is 0.571. The highest BCUT2D eigenvalue weighted by Crippen LogP contribution is 2.12. The lowest BCUT2D eigenvalue weighted by molar-refractivity contribution is -0.0532. The fourth-order valence-corrected chi connectivity index (χ4v) is 0.762. The molecule has 0 saturated carbocycles. The molecular formula is C7H10F2N2O. The zero-order chi connectivity index (χ0) is 9.14. The van der Waals surface area contributed by atoms with E-state index in [9.17, 15) is 8.78 Å². The molecule has 12 heavy (non-hydrogen) atoms. The molecule has 68 valence electrons. The van der Waals surface area contributed by atoms with Crippen LogP contribution in [0.25, 0.3) is 0 Å². The first-order valence-corrected chi connectivity index (χ1v) is 3.59. The van der Waals surface area contributed by atoms with Crippen molar-refractivity contribution < 1.29 is 13.5 Å². The molecule has 0 aliphatic rings. The summed E-state index contributed by atoms with van der Waals surface area (Å²) in [6.07, 6.45) is 1.60. The molecule has 0 spiro atoms. The molecule has 1 aromatic rings. The van der Waals surface area contributed by atoms with E-state index in [2.05, 4.69) is 9.84 Å². The van der Waals surface area contributed by atoms with Crippen LogP contribution in [0.4, 0.5) is 8.78 Å². The second-order valence-corrected chi connectivity index (χ2v) is 2.61. The molecule has 0 unspecified atom stereocenters. The quantitative estimate of drug-likeness (QED) is 0.704. The number of hydrogen-bond acceptors (Lipinski definition) is 2. The van der Waals surface area contributed by atoms with Gasteiger partial charge < -0.3 is 4.74 Å². The van der Waals surface area contributed by atoms with Gasteiger partial charge in [-0.1, -0.05) is 0 Å². The molecule has 0 atom stereocenters. The van der Waals surface area contributed by atoms with E-state index in [0.29, 0.717) is 0 Å². The summed E-state index contributed by atoms with van der Waals surface area (Å²) in [5.41, 5.74) is 0. The molecule has 0 bridgehead atoms. The Morgan fingerprint density at radius 3 is 2.58 bits per heavy atom. The smallest absolute Gasteiger partial charge is 0.388 e. The van der Waals surface area contributed by atoms with Gasteiger partial charge in [-0.05, 0) is 13.8 Å². The lowest BCUT2D eigenvalue weighted by Gasteiger charge is -2.03. The normalized spacial score (nSPS) is 11.2. The summed E-state index contributed by atoms with van der Waals surface area (Å²) in [7, 11) is 0. The summed E-state index contributed by atoms with van der Waals surface area (Å²) >= 11 is 0. The van der Waals surface area contributed by atoms with Crippen LogP contribution >= 0.6 is 0 Å². The first-order chi connectivity index (χ1) is 5.59. The molecule has 0 aliphatic heterocycles. The van der Waals surface area contributed by atoms with Crippen molar-refractivity contribution in [1.82, 2.24) is 9.78 Å². The van der Waals surface area contributed by atoms with Crippen LogP contribution in [0.1, 0.15) is 19.9 Å². The standard InChI is InChI=1S/C7H10F2N2O/c1-5(2)11-4-3-6(10-11)12-7(8)9/h3-5,7H,1-2H3. The van der Waals surface area contributed by atoms with Crippen molar-refractivity contribution in [3.63, 3.8) is 0 Å². The molecule has 0 aromatic carbocycles. The van der Waals surface area contributed by atoms with E-state index in [1.807, 2.05) is 13.8 Å². The molecule has 0 radical (unpaired) electrons. The number of halogens is 2. The van der Waals surface area contributed by atoms with Crippen LogP contribution in [0, 0.1) is 0 Å². The van der Waals surface area contributed by atoms with Gasteiger partial charge in [-0.15, -0.1) is 5.10 Å². The van der Waals surface area contributed by atoms with Crippen molar-refractivity contribution in [2.45, 2.75) is 26.5 Å². The van der Waals surface area contributed by atoms with E-state index >= 15 is 0 Å². The number of ether oxygens (including phenoxy) is 1. The lowest BCUT2D eigenvalue weighted by Crippen LogP contribution is -2.05. The molecule has 0 fully saturated rings. The zero-order valence-corrected chi connectivity index (χ0v) is 6.87. The summed E-state index contributed by atoms with van der Waals surface area (Å²) in [5, 5.41) is 3.76. The topological polar surface area (TPSA) is 27.1 Å². The largest absolute Gasteiger partial charge is 0.415 e. The Hall–Kier alpha value is -1.13. The molecule has 0 amide bonds. The van der Waals surface area contributed by atoms with Crippen LogP contribution < -0.4 is 4.74 Å². The minimum absolute atomic E-state index is 0.0429. The molecule has 1 heterocycles. The molecule has 3 nitrogen and oxygen atoms in total. The SMILES string of the molecule is CC(C)n1ccc(OC(F)F)n1. The maximum Gasteiger partial charge on any atom is 0.388 e. The predicted molar refractivity (Wildman–Crippen MR) is 39.2 cm³/mol. The number of rotatable bonds is 3. The maximum atomic E-state index is 11.7. The Bertz CT molecular complexity index is 247. The Labute approximate surface area is 68.9 Å². The van der Waals surface area contributed by atoms with Gasteiger partial charge in [0.25, 0.3) is 0 Å². The number of alkyl halides is 2. The van der Waals surface area contributed by atoms with Gasteiger partial charge in [-0.25, -0.2) is 0 Å². The lowest BCUT2D eigenvalue weighted by atomic mass is 10.4. The van der Waals surface area contributed by atoms with Crippen molar-refractivity contribution >= 4 is 0 Å². The average Bonchev–Trinajstić information content (AvgIpc) is 2.34. The highest BCUT2D eigenvalue weighted by molar-refractivity contribution is 5.05. The van der Waals surface area contributed by atoms with Crippen LogP contribution in [0.15, 0.2) is 12.3 Å². The highest BCUT2D eigenvalue weighted by atomic mass is 19.3. The number of aromatic nitrogens is 2. The van der Waals surface area contributed by atoms with Crippen molar-refractivity contribution in [3.8, 4) is 5.88 Å². The van der Waals surface area contributed by atoms with Crippen molar-refractivity contribution in [1.29, 1.82) is 0 Å². The maximum absolute atomic E-state index is 11.7. The van der Waals surface area contributed by atoms with Gasteiger partial charge in [0.15, 0.2) is 0 Å². The monoisotopic (exact) mass is 176 g/mol. The summed E-state index contributed by atoms with van der Waals surface area (Å²) in [5.74, 6) is -0.0429. The Morgan fingerprint density at radius 2 is 2.17 bits per heavy atom. The van der Waals surface area contributed by atoms with Gasteiger partial charge in [0.2, 0.25) is 5.88 Å². The molecular weight excluding hydrogens is 166 g/mol. The number of hydrogen-bond donors (Lipinski definition) is 0. The van der Waals surface area contributed by atoms with E-state index in [4.69, 9.17) is 0 Å². The fourth-order valence-electron chi connectivity index (χ4n) is 0.762. The molecule has 1 aromatic heterocycles. The highest BCUT2D eigenvalue weighted by Gasteiger charge is 2.07. The van der Waals surface area contributed by atoms with E-state index in [1.54, 1.807) is 10.9 Å². The molecule has 0 N–H and O–H groups in total. The van der Waals surface area contributed by atoms with Crippen LogP contribution in [0.3, 0.4) is 0 Å². The second-order valence-electron chi connectivity index (χ2n) is 2.61. The summed E-state index contributed by atoms with van der Waals surface area (Å²) in [4.78, 5) is 0. The Kier molecular flexibility index (Phi) is 2.62. The Morgan fingerprint density at radius 1 is 1.50 bits per heavy atom. The minimum atomic E-state index is -2.81. The first-order valence-electron chi connectivity index (χ1n) is 3.59. The molecule has 1 rings (SSSR count). The van der Waals surface area contributed by atoms with Gasteiger partial charge >= 0.3 is 6.61 Å². The van der Waals surface area contributed by atoms with Crippen molar-refractivity contribution in [3.05, 3.63) is 12.3 Å². The van der Waals surface area contributed by atoms with Crippen LogP contribution in [0.2, 0.25) is 0 Å². The summed E-state index contributed by atoms with van der Waals surface area (Å²) in [6, 6.07) is 1.56. The second kappa shape index (κ2) is 3.51. The summed E-state index contributed by atoms with van der Waals surface area (Å²) in [6.45, 7) is 0.999. The number of nitrogens with zero attached hydrogens (tertiary/aromatic N) is 2. The van der Waals surface area contributed by atoms with Gasteiger partial charge in [0, 0.05) is 18.3 Å². The van der Waals surface area contributed by atoms with Crippen LogP contribution in [0.5, 0.6) is 5.88 Å². The van der Waals surface area contributed by atoms with Crippen molar-refractivity contribution in [2.24, 2.45) is 0 Å². The van der Waals surface area contributed by atoms with Crippen LogP contribution in [-0.2, 0) is 0 Å². The molecule has 0 aliphatic carbocycles. The average molecular weight is 176 g/mol. The third kappa shape index (κ3) is 2.18. The third-order valence-electron chi connectivity index (χ3n) is 1.32. The van der Waals surface area contributed by atoms with E-state index < -0.39 is 6.61 Å². The summed E-state index contributed by atoms with van der Waals surface area (Å²) < 4.78 is 29.0. The van der Waals surface area contributed by atoms with Crippen molar-refractivity contribution in [2.75, 3.05) is 0 Å². The van der Waals surface area contributed by atoms with E-state index in [1.165, 1.54) is 6.07 Å². The minimum Gasteiger partial charge on any atom is -0.415 e. The van der Waals surface area contributed by atoms with E-state index in [-0.39, 0.29) is 11.9 Å². The van der Waals surface area contributed by atoms with Gasteiger partial charge in [-0.2, -0.15) is 8.78 Å². The van der Waals surface area contributed by atoms with Gasteiger partial charge in [0.1, 0.15) is 0 Å².